The third-order valence-electron chi connectivity index (χ3n) is 2.84. The molecule has 98 valence electrons. The number of amides is 1. The first kappa shape index (κ1) is 14.0. The predicted octanol–water partition coefficient (Wildman–Crippen LogP) is 0.825. The van der Waals surface area contributed by atoms with Crippen molar-refractivity contribution < 1.29 is 19.1 Å². The zero-order valence-corrected chi connectivity index (χ0v) is 10.8. The lowest BCUT2D eigenvalue weighted by Crippen LogP contribution is -2.42. The van der Waals surface area contributed by atoms with Crippen LogP contribution < -0.4 is 0 Å². The first-order valence-electron chi connectivity index (χ1n) is 5.87. The average Bonchev–Trinajstić information content (AvgIpc) is 2.28. The maximum atomic E-state index is 12.0. The number of rotatable bonds is 4. The van der Waals surface area contributed by atoms with Crippen LogP contribution in [0.3, 0.4) is 0 Å². The van der Waals surface area contributed by atoms with E-state index < -0.39 is 0 Å². The molecular weight excluding hydrogens is 222 g/mol. The van der Waals surface area contributed by atoms with Crippen LogP contribution in [-0.4, -0.2) is 50.2 Å². The van der Waals surface area contributed by atoms with Gasteiger partial charge in [-0.15, -0.1) is 0 Å². The van der Waals surface area contributed by atoms with Gasteiger partial charge in [-0.25, -0.2) is 0 Å². The molecule has 1 amide bonds. The Bertz CT molecular complexity index is 282. The van der Waals surface area contributed by atoms with Crippen molar-refractivity contribution in [1.82, 2.24) is 4.90 Å². The molecule has 1 aliphatic heterocycles. The molecule has 0 unspecified atom stereocenters. The Labute approximate surface area is 102 Å². The molecule has 5 heteroatoms. The van der Waals surface area contributed by atoms with Crippen molar-refractivity contribution in [2.75, 3.05) is 33.4 Å². The highest BCUT2D eigenvalue weighted by atomic mass is 16.5. The van der Waals surface area contributed by atoms with Crippen molar-refractivity contribution in [2.24, 2.45) is 5.41 Å². The highest BCUT2D eigenvalue weighted by molar-refractivity contribution is 5.78. The van der Waals surface area contributed by atoms with Crippen molar-refractivity contribution in [3.05, 3.63) is 0 Å². The second-order valence-corrected chi connectivity index (χ2v) is 5.09. The summed E-state index contributed by atoms with van der Waals surface area (Å²) < 4.78 is 9.82. The van der Waals surface area contributed by atoms with Gasteiger partial charge in [0.05, 0.1) is 26.7 Å². The number of carbonyl (C=O) groups is 2. The molecule has 1 aliphatic rings. The minimum atomic E-state index is -0.359. The minimum Gasteiger partial charge on any atom is -0.469 e. The van der Waals surface area contributed by atoms with Crippen LogP contribution in [0.15, 0.2) is 0 Å². The second-order valence-electron chi connectivity index (χ2n) is 5.09. The lowest BCUT2D eigenvalue weighted by atomic mass is 9.85. The van der Waals surface area contributed by atoms with Crippen molar-refractivity contribution in [1.29, 1.82) is 0 Å². The molecule has 1 saturated heterocycles. The topological polar surface area (TPSA) is 55.8 Å². The van der Waals surface area contributed by atoms with Gasteiger partial charge in [-0.1, -0.05) is 13.8 Å². The third-order valence-corrected chi connectivity index (χ3v) is 2.84. The van der Waals surface area contributed by atoms with Crippen LogP contribution in [0.25, 0.3) is 0 Å². The van der Waals surface area contributed by atoms with Gasteiger partial charge in [0.1, 0.15) is 0 Å². The van der Waals surface area contributed by atoms with Crippen LogP contribution in [0.5, 0.6) is 0 Å². The van der Waals surface area contributed by atoms with Crippen molar-refractivity contribution in [2.45, 2.75) is 26.7 Å². The van der Waals surface area contributed by atoms with Gasteiger partial charge in [-0.05, 0) is 5.41 Å². The summed E-state index contributed by atoms with van der Waals surface area (Å²) in [6.07, 6.45) is 0.627. The Balaban J connectivity index is 2.45. The van der Waals surface area contributed by atoms with Crippen LogP contribution in [0.2, 0.25) is 0 Å². The van der Waals surface area contributed by atoms with E-state index in [0.29, 0.717) is 32.7 Å². The number of nitrogens with zero attached hydrogens (tertiary/aromatic N) is 1. The van der Waals surface area contributed by atoms with Gasteiger partial charge in [-0.3, -0.25) is 9.59 Å². The molecule has 0 saturated carbocycles. The number of esters is 1. The molecule has 1 fully saturated rings. The monoisotopic (exact) mass is 243 g/mol. The van der Waals surface area contributed by atoms with Gasteiger partial charge in [0.2, 0.25) is 5.91 Å². The van der Waals surface area contributed by atoms with E-state index in [4.69, 9.17) is 4.74 Å². The van der Waals surface area contributed by atoms with E-state index >= 15 is 0 Å². The second kappa shape index (κ2) is 6.00. The minimum absolute atomic E-state index is 0.0854. The predicted molar refractivity (Wildman–Crippen MR) is 62.4 cm³/mol. The van der Waals surface area contributed by atoms with Gasteiger partial charge < -0.3 is 14.4 Å². The molecule has 0 aromatic heterocycles. The Hall–Kier alpha value is -1.10. The number of ether oxygens (including phenoxy) is 2. The number of carbonyl (C=O) groups excluding carboxylic acids is 2. The van der Waals surface area contributed by atoms with E-state index in [0.717, 1.165) is 0 Å². The molecule has 1 heterocycles. The zero-order valence-electron chi connectivity index (χ0n) is 10.8. The zero-order chi connectivity index (χ0) is 12.9. The fraction of sp³-hybridized carbons (Fsp3) is 0.833. The lowest BCUT2D eigenvalue weighted by molar-refractivity contribution is -0.144. The SMILES string of the molecule is COC(=O)CC(C)(C)CC(=O)N1CCOCC1. The van der Waals surface area contributed by atoms with E-state index in [1.807, 2.05) is 13.8 Å². The molecule has 0 aromatic rings. The molecule has 0 aromatic carbocycles. The number of hydrogen-bond acceptors (Lipinski definition) is 4. The van der Waals surface area contributed by atoms with Crippen molar-refractivity contribution >= 4 is 11.9 Å². The van der Waals surface area contributed by atoms with E-state index in [1.165, 1.54) is 7.11 Å². The van der Waals surface area contributed by atoms with E-state index in [2.05, 4.69) is 4.74 Å². The summed E-state index contributed by atoms with van der Waals surface area (Å²) >= 11 is 0. The molecule has 0 atom stereocenters. The molecule has 0 N–H and O–H groups in total. The third kappa shape index (κ3) is 4.73. The summed E-state index contributed by atoms with van der Waals surface area (Å²) in [5, 5.41) is 0. The van der Waals surface area contributed by atoms with Gasteiger partial charge in [-0.2, -0.15) is 0 Å². The maximum Gasteiger partial charge on any atom is 0.306 e. The standard InChI is InChI=1S/C12H21NO4/c1-12(2,9-11(15)16-3)8-10(14)13-4-6-17-7-5-13/h4-9H2,1-3H3. The molecule has 0 bridgehead atoms. The van der Waals surface area contributed by atoms with Crippen molar-refractivity contribution in [3.8, 4) is 0 Å². The molecule has 0 spiro atoms. The van der Waals surface area contributed by atoms with Gasteiger partial charge in [0.15, 0.2) is 0 Å². The summed E-state index contributed by atoms with van der Waals surface area (Å²) in [6.45, 7) is 6.30. The van der Waals surface area contributed by atoms with Gasteiger partial charge in [0.25, 0.3) is 0 Å². The summed E-state index contributed by atoms with van der Waals surface area (Å²) in [7, 11) is 1.36. The highest BCUT2D eigenvalue weighted by Gasteiger charge is 2.28. The van der Waals surface area contributed by atoms with Gasteiger partial charge in [0, 0.05) is 19.5 Å². The van der Waals surface area contributed by atoms with Crippen molar-refractivity contribution in [3.63, 3.8) is 0 Å². The maximum absolute atomic E-state index is 12.0. The number of hydrogen-bond donors (Lipinski definition) is 0. The summed E-state index contributed by atoms with van der Waals surface area (Å²) in [5.41, 5.74) is -0.359. The Morgan fingerprint density at radius 2 is 1.82 bits per heavy atom. The molecular formula is C12H21NO4. The lowest BCUT2D eigenvalue weighted by Gasteiger charge is -2.30. The molecule has 17 heavy (non-hydrogen) atoms. The Morgan fingerprint density at radius 3 is 2.35 bits per heavy atom. The molecule has 0 radical (unpaired) electrons. The molecule has 0 aliphatic carbocycles. The summed E-state index contributed by atoms with van der Waals surface area (Å²) in [5.74, 6) is -0.188. The van der Waals surface area contributed by atoms with Crippen LogP contribution in [-0.2, 0) is 19.1 Å². The Morgan fingerprint density at radius 1 is 1.24 bits per heavy atom. The van der Waals surface area contributed by atoms with Crippen LogP contribution in [0, 0.1) is 5.41 Å². The first-order chi connectivity index (χ1) is 7.94. The Kier molecular flexibility index (Phi) is 4.93. The fourth-order valence-corrected chi connectivity index (χ4v) is 1.86. The smallest absolute Gasteiger partial charge is 0.306 e. The largest absolute Gasteiger partial charge is 0.469 e. The van der Waals surface area contributed by atoms with Gasteiger partial charge >= 0.3 is 5.97 Å². The first-order valence-corrected chi connectivity index (χ1v) is 5.87. The number of morpholine rings is 1. The summed E-state index contributed by atoms with van der Waals surface area (Å²) in [4.78, 5) is 25.0. The molecule has 5 nitrogen and oxygen atoms in total. The summed E-state index contributed by atoms with van der Waals surface area (Å²) in [6, 6.07) is 0. The van der Waals surface area contributed by atoms with Crippen LogP contribution >= 0.6 is 0 Å². The quantitative estimate of drug-likeness (QED) is 0.686. The van der Waals surface area contributed by atoms with E-state index in [1.54, 1.807) is 4.90 Å². The van der Waals surface area contributed by atoms with Crippen LogP contribution in [0.1, 0.15) is 26.7 Å². The normalized spacial score (nSPS) is 16.8. The highest BCUT2D eigenvalue weighted by Crippen LogP contribution is 2.26. The fourth-order valence-electron chi connectivity index (χ4n) is 1.86. The van der Waals surface area contributed by atoms with Crippen LogP contribution in [0.4, 0.5) is 0 Å². The average molecular weight is 243 g/mol. The van der Waals surface area contributed by atoms with E-state index in [-0.39, 0.29) is 23.7 Å². The number of methoxy groups -OCH3 is 1. The molecule has 1 rings (SSSR count). The van der Waals surface area contributed by atoms with E-state index in [9.17, 15) is 9.59 Å².